The summed E-state index contributed by atoms with van der Waals surface area (Å²) in [7, 11) is -3.40. The number of aromatic amines is 1. The molecule has 0 amide bonds. The second kappa shape index (κ2) is 9.11. The molecule has 0 saturated carbocycles. The average Bonchev–Trinajstić information content (AvgIpc) is 3.24. The molecule has 2 aromatic heterocycles. The summed E-state index contributed by atoms with van der Waals surface area (Å²) in [6.07, 6.45) is 1.17. The third kappa shape index (κ3) is 4.64. The Morgan fingerprint density at radius 1 is 1.00 bits per heavy atom. The van der Waals surface area contributed by atoms with Crippen molar-refractivity contribution >= 4 is 21.2 Å². The van der Waals surface area contributed by atoms with E-state index in [2.05, 4.69) is 15.3 Å². The number of benzene rings is 2. The van der Waals surface area contributed by atoms with Gasteiger partial charge < -0.3 is 4.98 Å². The van der Waals surface area contributed by atoms with Crippen molar-refractivity contribution in [2.75, 3.05) is 13.1 Å². The summed E-state index contributed by atoms with van der Waals surface area (Å²) in [6.45, 7) is 3.27. The maximum absolute atomic E-state index is 12.9. The number of fused-ring (bicyclic) bond motifs is 1. The van der Waals surface area contributed by atoms with Gasteiger partial charge in [-0.2, -0.15) is 0 Å². The fourth-order valence-electron chi connectivity index (χ4n) is 4.33. The molecule has 1 aliphatic heterocycles. The lowest BCUT2D eigenvalue weighted by molar-refractivity contribution is 0.313. The smallest absolute Gasteiger partial charge is 0.281 e. The van der Waals surface area contributed by atoms with Crippen molar-refractivity contribution in [1.29, 1.82) is 0 Å². The predicted molar refractivity (Wildman–Crippen MR) is 129 cm³/mol. The van der Waals surface area contributed by atoms with Crippen LogP contribution in [0.25, 0.3) is 11.2 Å². The molecular weight excluding hydrogens is 452 g/mol. The van der Waals surface area contributed by atoms with Crippen LogP contribution in [0.2, 0.25) is 0 Å². The number of hydrogen-bond donors (Lipinski definition) is 1. The van der Waals surface area contributed by atoms with E-state index >= 15 is 0 Å². The highest BCUT2D eigenvalue weighted by Crippen LogP contribution is 2.28. The molecule has 0 spiro atoms. The van der Waals surface area contributed by atoms with E-state index in [0.29, 0.717) is 43.9 Å². The first-order chi connectivity index (χ1) is 16.4. The highest BCUT2D eigenvalue weighted by atomic mass is 32.2. The lowest BCUT2D eigenvalue weighted by atomic mass is 9.97. The van der Waals surface area contributed by atoms with Crippen LogP contribution in [0.4, 0.5) is 0 Å². The van der Waals surface area contributed by atoms with E-state index < -0.39 is 10.0 Å². The first-order valence-corrected chi connectivity index (χ1v) is 12.9. The molecule has 1 N–H and O–H groups in total. The third-order valence-corrected chi connectivity index (χ3v) is 8.12. The number of aromatic nitrogens is 5. The Hall–Kier alpha value is -3.37. The lowest BCUT2D eigenvalue weighted by Gasteiger charge is -2.30. The van der Waals surface area contributed by atoms with Gasteiger partial charge in [0.15, 0.2) is 11.2 Å². The zero-order chi connectivity index (χ0) is 23.7. The number of sulfonamides is 1. The van der Waals surface area contributed by atoms with Gasteiger partial charge in [0.1, 0.15) is 5.82 Å². The molecule has 1 saturated heterocycles. The van der Waals surface area contributed by atoms with Crippen LogP contribution in [0.1, 0.15) is 41.3 Å². The Balaban J connectivity index is 1.33. The molecule has 176 valence electrons. The second-order valence-electron chi connectivity index (χ2n) is 8.77. The van der Waals surface area contributed by atoms with Crippen LogP contribution in [-0.4, -0.2) is 50.8 Å². The van der Waals surface area contributed by atoms with Gasteiger partial charge in [0.05, 0.1) is 12.3 Å². The van der Waals surface area contributed by atoms with Gasteiger partial charge in [0, 0.05) is 19.0 Å². The Labute approximate surface area is 197 Å². The van der Waals surface area contributed by atoms with Crippen LogP contribution >= 0.6 is 0 Å². The number of H-pyrrole nitrogens is 1. The molecular formula is C24H26N6O3S. The number of nitrogens with one attached hydrogen (secondary N) is 1. The second-order valence-corrected chi connectivity index (χ2v) is 10.7. The first-order valence-electron chi connectivity index (χ1n) is 11.3. The highest BCUT2D eigenvalue weighted by molar-refractivity contribution is 7.88. The van der Waals surface area contributed by atoms with Crippen molar-refractivity contribution in [2.45, 2.75) is 38.0 Å². The van der Waals surface area contributed by atoms with Crippen LogP contribution in [0.5, 0.6) is 0 Å². The van der Waals surface area contributed by atoms with Crippen molar-refractivity contribution < 1.29 is 8.42 Å². The fourth-order valence-corrected chi connectivity index (χ4v) is 5.90. The highest BCUT2D eigenvalue weighted by Gasteiger charge is 2.30. The van der Waals surface area contributed by atoms with Crippen LogP contribution in [-0.2, 0) is 22.3 Å². The standard InChI is InChI=1S/C24H26N6O3S/c1-17-7-9-18(10-8-17)15-30-23-21(27-28-30)24(31)26-22(25-23)20-11-13-29(14-12-20)34(32,33)16-19-5-3-2-4-6-19/h2-10,20H,11-16H2,1H3,(H,25,26,31). The van der Waals surface area contributed by atoms with Gasteiger partial charge in [0.25, 0.3) is 5.56 Å². The molecule has 4 aromatic rings. The van der Waals surface area contributed by atoms with Crippen molar-refractivity contribution in [3.63, 3.8) is 0 Å². The number of piperidine rings is 1. The average molecular weight is 479 g/mol. The van der Waals surface area contributed by atoms with Crippen molar-refractivity contribution in [3.05, 3.63) is 87.5 Å². The summed E-state index contributed by atoms with van der Waals surface area (Å²) in [5, 5.41) is 8.16. The Morgan fingerprint density at radius 2 is 1.71 bits per heavy atom. The van der Waals surface area contributed by atoms with E-state index in [9.17, 15) is 13.2 Å². The molecule has 0 radical (unpaired) electrons. The Bertz CT molecular complexity index is 1450. The van der Waals surface area contributed by atoms with Gasteiger partial charge in [-0.15, -0.1) is 5.10 Å². The summed E-state index contributed by atoms with van der Waals surface area (Å²) in [4.78, 5) is 20.2. The van der Waals surface area contributed by atoms with Gasteiger partial charge in [0.2, 0.25) is 10.0 Å². The molecule has 0 aliphatic carbocycles. The molecule has 34 heavy (non-hydrogen) atoms. The van der Waals surface area contributed by atoms with Crippen LogP contribution < -0.4 is 5.56 Å². The van der Waals surface area contributed by atoms with Crippen LogP contribution in [0.3, 0.4) is 0 Å². The van der Waals surface area contributed by atoms with Crippen LogP contribution in [0.15, 0.2) is 59.4 Å². The van der Waals surface area contributed by atoms with Crippen molar-refractivity contribution in [2.24, 2.45) is 0 Å². The molecule has 3 heterocycles. The molecule has 5 rings (SSSR count). The Morgan fingerprint density at radius 3 is 2.41 bits per heavy atom. The maximum Gasteiger partial charge on any atom is 0.281 e. The normalized spacial score (nSPS) is 15.7. The molecule has 0 unspecified atom stereocenters. The first kappa shape index (κ1) is 22.4. The van der Waals surface area contributed by atoms with Gasteiger partial charge in [-0.25, -0.2) is 22.4 Å². The molecule has 1 aliphatic rings. The minimum Gasteiger partial charge on any atom is -0.308 e. The van der Waals surface area contributed by atoms with E-state index in [1.807, 2.05) is 61.5 Å². The minimum atomic E-state index is -3.40. The van der Waals surface area contributed by atoms with E-state index in [4.69, 9.17) is 4.98 Å². The summed E-state index contributed by atoms with van der Waals surface area (Å²) in [6, 6.07) is 17.3. The van der Waals surface area contributed by atoms with E-state index in [0.717, 1.165) is 11.1 Å². The van der Waals surface area contributed by atoms with Gasteiger partial charge >= 0.3 is 0 Å². The van der Waals surface area contributed by atoms with Crippen molar-refractivity contribution in [3.8, 4) is 0 Å². The summed E-state index contributed by atoms with van der Waals surface area (Å²) in [5.74, 6) is 0.511. The fraction of sp³-hybridized carbons (Fsp3) is 0.333. The SMILES string of the molecule is Cc1ccc(Cn2nnc3c(=O)[nH]c(C4CCN(S(=O)(=O)Cc5ccccc5)CC4)nc32)cc1. The van der Waals surface area contributed by atoms with Crippen molar-refractivity contribution in [1.82, 2.24) is 29.3 Å². The number of hydrogen-bond acceptors (Lipinski definition) is 6. The molecule has 0 bridgehead atoms. The summed E-state index contributed by atoms with van der Waals surface area (Å²) < 4.78 is 28.9. The molecule has 9 nitrogen and oxygen atoms in total. The topological polar surface area (TPSA) is 114 Å². The minimum absolute atomic E-state index is 0.0105. The van der Waals surface area contributed by atoms with Crippen LogP contribution in [0, 0.1) is 6.92 Å². The zero-order valence-corrected chi connectivity index (χ0v) is 19.7. The molecule has 1 fully saturated rings. The zero-order valence-electron chi connectivity index (χ0n) is 18.9. The number of rotatable bonds is 6. The maximum atomic E-state index is 12.9. The summed E-state index contributed by atoms with van der Waals surface area (Å²) >= 11 is 0. The molecule has 10 heteroatoms. The van der Waals surface area contributed by atoms with Gasteiger partial charge in [-0.3, -0.25) is 4.79 Å². The lowest BCUT2D eigenvalue weighted by Crippen LogP contribution is -2.39. The number of nitrogens with zero attached hydrogens (tertiary/aromatic N) is 5. The quantitative estimate of drug-likeness (QED) is 0.456. The predicted octanol–water partition coefficient (Wildman–Crippen LogP) is 2.58. The van der Waals surface area contributed by atoms with E-state index in [1.165, 1.54) is 9.87 Å². The third-order valence-electron chi connectivity index (χ3n) is 6.27. The Kier molecular flexibility index (Phi) is 6.01. The van der Waals surface area contributed by atoms with E-state index in [-0.39, 0.29) is 22.7 Å². The largest absolute Gasteiger partial charge is 0.308 e. The molecule has 0 atom stereocenters. The van der Waals surface area contributed by atoms with Gasteiger partial charge in [-0.1, -0.05) is 65.4 Å². The monoisotopic (exact) mass is 478 g/mol. The number of aryl methyl sites for hydroxylation is 1. The molecule has 2 aromatic carbocycles. The van der Waals surface area contributed by atoms with E-state index in [1.54, 1.807) is 4.68 Å². The summed E-state index contributed by atoms with van der Waals surface area (Å²) in [5.41, 5.74) is 3.31. The van der Waals surface area contributed by atoms with Gasteiger partial charge in [-0.05, 0) is 30.9 Å².